The van der Waals surface area contributed by atoms with Gasteiger partial charge in [-0.15, -0.1) is 0 Å². The molecule has 0 N–H and O–H groups in total. The molecule has 82 valence electrons. The van der Waals surface area contributed by atoms with Crippen LogP contribution in [0.25, 0.3) is 0 Å². The number of thiol groups is 1. The van der Waals surface area contributed by atoms with Crippen LogP contribution in [-0.4, -0.2) is 17.4 Å². The molecule has 0 aromatic rings. The molecular weight excluding hydrogens is 190 g/mol. The van der Waals surface area contributed by atoms with Crippen LogP contribution < -0.4 is 0 Å². The van der Waals surface area contributed by atoms with E-state index in [-0.39, 0.29) is 0 Å². The van der Waals surface area contributed by atoms with Crippen LogP contribution in [0, 0.1) is 11.3 Å². The Balaban J connectivity index is 2.78. The molecule has 0 amide bonds. The molecule has 0 saturated heterocycles. The summed E-state index contributed by atoms with van der Waals surface area (Å²) in [5.74, 6) is 0.714. The Hall–Kier alpha value is 0.0500. The molecule has 1 aliphatic heterocycles. The van der Waals surface area contributed by atoms with Crippen molar-refractivity contribution in [3.05, 3.63) is 11.6 Å². The monoisotopic (exact) mass is 213 g/mol. The van der Waals surface area contributed by atoms with E-state index in [2.05, 4.69) is 50.9 Å². The smallest absolute Gasteiger partial charge is 0.0271 e. The van der Waals surface area contributed by atoms with Crippen molar-refractivity contribution >= 4 is 12.8 Å². The van der Waals surface area contributed by atoms with Gasteiger partial charge in [-0.25, -0.2) is 4.31 Å². The van der Waals surface area contributed by atoms with Crippen LogP contribution in [0.1, 0.15) is 40.5 Å². The first kappa shape index (κ1) is 12.1. The van der Waals surface area contributed by atoms with E-state index in [1.54, 1.807) is 5.57 Å². The van der Waals surface area contributed by atoms with Crippen LogP contribution in [0.2, 0.25) is 0 Å². The normalized spacial score (nSPS) is 24.9. The summed E-state index contributed by atoms with van der Waals surface area (Å²) in [4.78, 5) is 0. The lowest BCUT2D eigenvalue weighted by Gasteiger charge is -2.36. The minimum atomic E-state index is 0.328. The van der Waals surface area contributed by atoms with E-state index in [1.807, 2.05) is 0 Å². The third-order valence-corrected chi connectivity index (χ3v) is 3.22. The van der Waals surface area contributed by atoms with Gasteiger partial charge in [-0.3, -0.25) is 0 Å². The maximum absolute atomic E-state index is 4.44. The topological polar surface area (TPSA) is 3.24 Å². The highest BCUT2D eigenvalue weighted by atomic mass is 32.1. The molecule has 1 atom stereocenters. The molecule has 0 aromatic heterocycles. The second-order valence-electron chi connectivity index (χ2n) is 5.27. The molecule has 0 spiro atoms. The maximum atomic E-state index is 4.44. The Bertz CT molecular complexity index is 215. The lowest BCUT2D eigenvalue weighted by atomic mass is 9.75. The zero-order valence-corrected chi connectivity index (χ0v) is 10.8. The fourth-order valence-electron chi connectivity index (χ4n) is 2.31. The van der Waals surface area contributed by atoms with E-state index in [1.165, 1.54) is 12.8 Å². The van der Waals surface area contributed by atoms with Crippen LogP contribution in [-0.2, 0) is 0 Å². The van der Waals surface area contributed by atoms with E-state index in [9.17, 15) is 0 Å². The molecule has 0 bridgehead atoms. The van der Waals surface area contributed by atoms with Gasteiger partial charge in [-0.05, 0) is 17.8 Å². The van der Waals surface area contributed by atoms with Crippen molar-refractivity contribution in [3.8, 4) is 0 Å². The van der Waals surface area contributed by atoms with Gasteiger partial charge in [-0.2, -0.15) is 0 Å². The first-order valence-corrected chi connectivity index (χ1v) is 5.99. The van der Waals surface area contributed by atoms with Crippen molar-refractivity contribution in [2.75, 3.05) is 13.1 Å². The van der Waals surface area contributed by atoms with Crippen LogP contribution in [0.15, 0.2) is 11.6 Å². The number of rotatable bonds is 2. The van der Waals surface area contributed by atoms with Crippen molar-refractivity contribution in [1.29, 1.82) is 0 Å². The molecule has 1 nitrogen and oxygen atoms in total. The van der Waals surface area contributed by atoms with E-state index in [0.29, 0.717) is 11.3 Å². The van der Waals surface area contributed by atoms with Crippen LogP contribution in [0.5, 0.6) is 0 Å². The Kier molecular flexibility index (Phi) is 4.08. The highest BCUT2D eigenvalue weighted by Gasteiger charge is 2.28. The summed E-state index contributed by atoms with van der Waals surface area (Å²) in [6.45, 7) is 11.3. The molecule has 0 aliphatic carbocycles. The van der Waals surface area contributed by atoms with E-state index in [0.717, 1.165) is 13.1 Å². The third-order valence-electron chi connectivity index (χ3n) is 2.90. The SMILES string of the molecule is CCCC1CN(S)CC=C1C(C)(C)C. The molecular formula is C12H23NS. The summed E-state index contributed by atoms with van der Waals surface area (Å²) in [6, 6.07) is 0. The summed E-state index contributed by atoms with van der Waals surface area (Å²) >= 11 is 4.44. The van der Waals surface area contributed by atoms with E-state index < -0.39 is 0 Å². The van der Waals surface area contributed by atoms with E-state index in [4.69, 9.17) is 0 Å². The van der Waals surface area contributed by atoms with Crippen molar-refractivity contribution in [2.24, 2.45) is 11.3 Å². The Morgan fingerprint density at radius 1 is 1.50 bits per heavy atom. The van der Waals surface area contributed by atoms with Crippen molar-refractivity contribution in [2.45, 2.75) is 40.5 Å². The minimum Gasteiger partial charge on any atom is -0.249 e. The van der Waals surface area contributed by atoms with Crippen molar-refractivity contribution < 1.29 is 0 Å². The van der Waals surface area contributed by atoms with Gasteiger partial charge in [0.25, 0.3) is 0 Å². The lowest BCUT2D eigenvalue weighted by Crippen LogP contribution is -2.32. The minimum absolute atomic E-state index is 0.328. The zero-order valence-electron chi connectivity index (χ0n) is 9.88. The first-order chi connectivity index (χ1) is 6.45. The number of hydrogen-bond acceptors (Lipinski definition) is 2. The first-order valence-electron chi connectivity index (χ1n) is 5.59. The fourth-order valence-corrected chi connectivity index (χ4v) is 2.59. The van der Waals surface area contributed by atoms with Gasteiger partial charge < -0.3 is 0 Å². The average Bonchev–Trinajstić information content (AvgIpc) is 2.02. The Morgan fingerprint density at radius 3 is 2.64 bits per heavy atom. The molecule has 1 rings (SSSR count). The number of nitrogens with zero attached hydrogens (tertiary/aromatic N) is 1. The Labute approximate surface area is 94.1 Å². The second-order valence-corrected chi connectivity index (χ2v) is 5.83. The summed E-state index contributed by atoms with van der Waals surface area (Å²) < 4.78 is 2.12. The van der Waals surface area contributed by atoms with Crippen molar-refractivity contribution in [1.82, 2.24) is 4.31 Å². The quantitative estimate of drug-likeness (QED) is 0.542. The van der Waals surface area contributed by atoms with Gasteiger partial charge in [0.2, 0.25) is 0 Å². The molecule has 14 heavy (non-hydrogen) atoms. The van der Waals surface area contributed by atoms with Gasteiger partial charge in [0.05, 0.1) is 0 Å². The highest BCUT2D eigenvalue weighted by molar-refractivity contribution is 7.77. The molecule has 0 fully saturated rings. The van der Waals surface area contributed by atoms with Gasteiger partial charge in [0.1, 0.15) is 0 Å². The molecule has 1 heterocycles. The third kappa shape index (κ3) is 3.03. The molecule has 1 aliphatic rings. The second kappa shape index (κ2) is 4.71. The average molecular weight is 213 g/mol. The molecule has 0 saturated carbocycles. The van der Waals surface area contributed by atoms with Crippen molar-refractivity contribution in [3.63, 3.8) is 0 Å². The summed E-state index contributed by atoms with van der Waals surface area (Å²) in [5, 5.41) is 0. The molecule has 0 radical (unpaired) electrons. The highest BCUT2D eigenvalue weighted by Crippen LogP contribution is 2.36. The van der Waals surface area contributed by atoms with Crippen LogP contribution >= 0.6 is 12.8 Å². The molecule has 0 aromatic carbocycles. The lowest BCUT2D eigenvalue weighted by molar-refractivity contribution is 0.325. The number of hydrogen-bond donors (Lipinski definition) is 1. The van der Waals surface area contributed by atoms with Crippen LogP contribution in [0.3, 0.4) is 0 Å². The predicted molar refractivity (Wildman–Crippen MR) is 66.5 cm³/mol. The summed E-state index contributed by atoms with van der Waals surface area (Å²) in [6.07, 6.45) is 4.93. The van der Waals surface area contributed by atoms with Gasteiger partial charge in [0, 0.05) is 13.1 Å². The fraction of sp³-hybridized carbons (Fsp3) is 0.833. The standard InChI is InChI=1S/C12H23NS/c1-5-6-10-9-13(14)8-7-11(10)12(2,3)4/h7,10,14H,5-6,8-9H2,1-4H3. The summed E-state index contributed by atoms with van der Waals surface area (Å²) in [5.41, 5.74) is 1.96. The van der Waals surface area contributed by atoms with Gasteiger partial charge >= 0.3 is 0 Å². The van der Waals surface area contributed by atoms with Gasteiger partial charge in [0.15, 0.2) is 0 Å². The Morgan fingerprint density at radius 2 is 2.14 bits per heavy atom. The van der Waals surface area contributed by atoms with Crippen LogP contribution in [0.4, 0.5) is 0 Å². The summed E-state index contributed by atoms with van der Waals surface area (Å²) in [7, 11) is 0. The predicted octanol–water partition coefficient (Wildman–Crippen LogP) is 3.54. The largest absolute Gasteiger partial charge is 0.249 e. The van der Waals surface area contributed by atoms with E-state index >= 15 is 0 Å². The zero-order chi connectivity index (χ0) is 10.8. The van der Waals surface area contributed by atoms with Gasteiger partial charge in [-0.1, -0.05) is 58.6 Å². The maximum Gasteiger partial charge on any atom is 0.0271 e. The molecule has 2 heteroatoms. The molecule has 1 unspecified atom stereocenters.